The Balaban J connectivity index is 2.12. The van der Waals surface area contributed by atoms with Gasteiger partial charge in [0.15, 0.2) is 0 Å². The zero-order chi connectivity index (χ0) is 8.10. The summed E-state index contributed by atoms with van der Waals surface area (Å²) < 4.78 is 10.1. The Labute approximate surface area is 68.1 Å². The lowest BCUT2D eigenvalue weighted by molar-refractivity contribution is 0.153. The highest BCUT2D eigenvalue weighted by molar-refractivity contribution is 4.82. The smallest absolute Gasteiger partial charge is 0.0615 e. The predicted molar refractivity (Wildman–Crippen MR) is 43.7 cm³/mol. The Kier molecular flexibility index (Phi) is 3.83. The fraction of sp³-hybridized carbons (Fsp3) is 1.00. The van der Waals surface area contributed by atoms with Crippen molar-refractivity contribution in [3.05, 3.63) is 0 Å². The van der Waals surface area contributed by atoms with Crippen LogP contribution >= 0.6 is 0 Å². The highest BCUT2D eigenvalue weighted by atomic mass is 16.5. The minimum atomic E-state index is 0.542. The van der Waals surface area contributed by atoms with E-state index in [-0.39, 0.29) is 0 Å². The Morgan fingerprint density at radius 2 is 1.55 bits per heavy atom. The molecule has 0 aliphatic carbocycles. The van der Waals surface area contributed by atoms with Gasteiger partial charge in [-0.25, -0.2) is 0 Å². The van der Waals surface area contributed by atoms with Crippen LogP contribution in [0, 0.1) is 0 Å². The molecule has 0 aromatic rings. The molecule has 0 amide bonds. The van der Waals surface area contributed by atoms with E-state index in [9.17, 15) is 0 Å². The highest BCUT2D eigenvalue weighted by Crippen LogP contribution is 2.12. The highest BCUT2D eigenvalue weighted by Gasteiger charge is 2.22. The molecule has 1 aliphatic rings. The zero-order valence-corrected chi connectivity index (χ0v) is 7.30. The van der Waals surface area contributed by atoms with Gasteiger partial charge in [-0.15, -0.1) is 0 Å². The van der Waals surface area contributed by atoms with E-state index < -0.39 is 0 Å². The summed E-state index contributed by atoms with van der Waals surface area (Å²) in [6, 6.07) is 1.08. The Bertz CT molecular complexity index is 96.3. The van der Waals surface area contributed by atoms with Crippen LogP contribution in [0.2, 0.25) is 0 Å². The molecule has 1 aliphatic heterocycles. The van der Waals surface area contributed by atoms with Crippen LogP contribution in [0.4, 0.5) is 0 Å². The molecule has 0 radical (unpaired) electrons. The molecule has 66 valence electrons. The van der Waals surface area contributed by atoms with Gasteiger partial charge in [0.1, 0.15) is 0 Å². The van der Waals surface area contributed by atoms with Gasteiger partial charge in [0.25, 0.3) is 0 Å². The van der Waals surface area contributed by atoms with Crippen molar-refractivity contribution in [3.8, 4) is 0 Å². The second-order valence-corrected chi connectivity index (χ2v) is 3.05. The monoisotopic (exact) mass is 159 g/mol. The summed E-state index contributed by atoms with van der Waals surface area (Å²) in [4.78, 5) is 0. The number of ether oxygens (including phenoxy) is 2. The molecule has 3 heteroatoms. The van der Waals surface area contributed by atoms with E-state index in [4.69, 9.17) is 9.47 Å². The molecule has 3 nitrogen and oxygen atoms in total. The van der Waals surface area contributed by atoms with Crippen molar-refractivity contribution < 1.29 is 9.47 Å². The summed E-state index contributed by atoms with van der Waals surface area (Å²) in [5, 5.41) is 3.44. The molecule has 0 aromatic carbocycles. The van der Waals surface area contributed by atoms with Gasteiger partial charge >= 0.3 is 0 Å². The molecule has 0 aromatic heterocycles. The van der Waals surface area contributed by atoms with Crippen LogP contribution < -0.4 is 5.32 Å². The summed E-state index contributed by atoms with van der Waals surface area (Å²) in [5.74, 6) is 0. The number of rotatable bonds is 4. The summed E-state index contributed by atoms with van der Waals surface area (Å²) >= 11 is 0. The van der Waals surface area contributed by atoms with Gasteiger partial charge in [0.05, 0.1) is 13.2 Å². The van der Waals surface area contributed by atoms with E-state index in [0.29, 0.717) is 12.1 Å². The first-order valence-corrected chi connectivity index (χ1v) is 4.10. The molecule has 1 saturated heterocycles. The minimum Gasteiger partial charge on any atom is -0.383 e. The van der Waals surface area contributed by atoms with E-state index in [1.54, 1.807) is 14.2 Å². The van der Waals surface area contributed by atoms with Crippen LogP contribution in [0.25, 0.3) is 0 Å². The number of hydrogen-bond donors (Lipinski definition) is 1. The Hall–Kier alpha value is -0.120. The third kappa shape index (κ3) is 2.77. The lowest BCUT2D eigenvalue weighted by atomic mass is 10.2. The Morgan fingerprint density at radius 3 is 1.91 bits per heavy atom. The molecule has 2 unspecified atom stereocenters. The normalized spacial score (nSPS) is 31.1. The van der Waals surface area contributed by atoms with Crippen molar-refractivity contribution in [3.63, 3.8) is 0 Å². The quantitative estimate of drug-likeness (QED) is 0.644. The van der Waals surface area contributed by atoms with Crippen molar-refractivity contribution >= 4 is 0 Å². The first-order chi connectivity index (χ1) is 5.36. The van der Waals surface area contributed by atoms with E-state index in [2.05, 4.69) is 5.32 Å². The molecule has 1 fully saturated rings. The van der Waals surface area contributed by atoms with Crippen LogP contribution in [0.5, 0.6) is 0 Å². The van der Waals surface area contributed by atoms with Gasteiger partial charge in [-0.1, -0.05) is 0 Å². The maximum Gasteiger partial charge on any atom is 0.0615 e. The fourth-order valence-electron chi connectivity index (χ4n) is 1.57. The number of methoxy groups -OCH3 is 2. The lowest BCUT2D eigenvalue weighted by Crippen LogP contribution is -2.34. The summed E-state index contributed by atoms with van der Waals surface area (Å²) in [5.41, 5.74) is 0. The van der Waals surface area contributed by atoms with Crippen molar-refractivity contribution in [1.82, 2.24) is 5.32 Å². The predicted octanol–water partition coefficient (Wildman–Crippen LogP) is 0.400. The number of nitrogens with one attached hydrogen (secondary N) is 1. The van der Waals surface area contributed by atoms with Crippen LogP contribution in [-0.4, -0.2) is 39.5 Å². The zero-order valence-electron chi connectivity index (χ0n) is 7.30. The standard InChI is InChI=1S/C8H17NO2/c1-10-5-7-3-4-8(9-7)6-11-2/h7-9H,3-6H2,1-2H3. The van der Waals surface area contributed by atoms with E-state index in [1.807, 2.05) is 0 Å². The first kappa shape index (κ1) is 8.97. The van der Waals surface area contributed by atoms with Gasteiger partial charge in [-0.05, 0) is 12.8 Å². The third-order valence-corrected chi connectivity index (χ3v) is 2.07. The van der Waals surface area contributed by atoms with Crippen molar-refractivity contribution in [2.24, 2.45) is 0 Å². The van der Waals surface area contributed by atoms with Crippen LogP contribution in [0.3, 0.4) is 0 Å². The molecule has 0 spiro atoms. The Morgan fingerprint density at radius 1 is 1.09 bits per heavy atom. The van der Waals surface area contributed by atoms with Crippen LogP contribution in [0.15, 0.2) is 0 Å². The second kappa shape index (κ2) is 4.70. The van der Waals surface area contributed by atoms with Crippen molar-refractivity contribution in [1.29, 1.82) is 0 Å². The molecule has 0 bridgehead atoms. The van der Waals surface area contributed by atoms with Gasteiger partial charge in [-0.3, -0.25) is 0 Å². The summed E-state index contributed by atoms with van der Waals surface area (Å²) in [6.45, 7) is 1.64. The summed E-state index contributed by atoms with van der Waals surface area (Å²) in [6.07, 6.45) is 2.42. The molecule has 11 heavy (non-hydrogen) atoms. The van der Waals surface area contributed by atoms with Gasteiger partial charge in [0.2, 0.25) is 0 Å². The SMILES string of the molecule is COCC1CCC(COC)N1. The molecule has 1 rings (SSSR count). The van der Waals surface area contributed by atoms with Gasteiger partial charge in [0, 0.05) is 26.3 Å². The average molecular weight is 159 g/mol. The molecule has 1 heterocycles. The minimum absolute atomic E-state index is 0.542. The molecule has 1 N–H and O–H groups in total. The van der Waals surface area contributed by atoms with Gasteiger partial charge in [-0.2, -0.15) is 0 Å². The topological polar surface area (TPSA) is 30.5 Å². The van der Waals surface area contributed by atoms with Crippen molar-refractivity contribution in [2.45, 2.75) is 24.9 Å². The fourth-order valence-corrected chi connectivity index (χ4v) is 1.57. The summed E-state index contributed by atoms with van der Waals surface area (Å²) in [7, 11) is 3.48. The molecular formula is C8H17NO2. The van der Waals surface area contributed by atoms with Gasteiger partial charge < -0.3 is 14.8 Å². The van der Waals surface area contributed by atoms with Crippen molar-refractivity contribution in [2.75, 3.05) is 27.4 Å². The third-order valence-electron chi connectivity index (χ3n) is 2.07. The molecular weight excluding hydrogens is 142 g/mol. The van der Waals surface area contributed by atoms with E-state index in [1.165, 1.54) is 12.8 Å². The maximum absolute atomic E-state index is 5.05. The van der Waals surface area contributed by atoms with E-state index >= 15 is 0 Å². The van der Waals surface area contributed by atoms with E-state index in [0.717, 1.165) is 13.2 Å². The van der Waals surface area contributed by atoms with Crippen LogP contribution in [-0.2, 0) is 9.47 Å². The maximum atomic E-state index is 5.05. The number of hydrogen-bond acceptors (Lipinski definition) is 3. The molecule has 0 saturated carbocycles. The lowest BCUT2D eigenvalue weighted by Gasteiger charge is -2.12. The largest absolute Gasteiger partial charge is 0.383 e. The van der Waals surface area contributed by atoms with Crippen LogP contribution in [0.1, 0.15) is 12.8 Å². The average Bonchev–Trinajstić information content (AvgIpc) is 2.38. The molecule has 2 atom stereocenters. The first-order valence-electron chi connectivity index (χ1n) is 4.10. The second-order valence-electron chi connectivity index (χ2n) is 3.05.